The van der Waals surface area contributed by atoms with Gasteiger partial charge in [-0.1, -0.05) is 37.1 Å². The Morgan fingerprint density at radius 2 is 1.86 bits per heavy atom. The second-order valence-electron chi connectivity index (χ2n) is 15.9. The lowest BCUT2D eigenvalue weighted by Crippen LogP contribution is -2.48. The Kier molecular flexibility index (Phi) is 10.0. The molecule has 2 N–H and O–H groups in total. The van der Waals surface area contributed by atoms with E-state index in [2.05, 4.69) is 38.3 Å². The summed E-state index contributed by atoms with van der Waals surface area (Å²) in [5.74, 6) is 0.258. The molecule has 3 fully saturated rings. The first kappa shape index (κ1) is 38.3. The molecule has 4 aliphatic rings. The minimum Gasteiger partial charge on any atom is -0.476 e. The highest BCUT2D eigenvalue weighted by atomic mass is 19.4. The van der Waals surface area contributed by atoms with Crippen LogP contribution in [0.3, 0.4) is 0 Å². The largest absolute Gasteiger partial charge is 0.476 e. The van der Waals surface area contributed by atoms with Crippen LogP contribution >= 0.6 is 0 Å². The van der Waals surface area contributed by atoms with Crippen molar-refractivity contribution in [3.8, 4) is 35.5 Å². The van der Waals surface area contributed by atoms with Gasteiger partial charge in [0.2, 0.25) is 11.7 Å². The molecule has 10 nitrogen and oxygen atoms in total. The van der Waals surface area contributed by atoms with E-state index in [1.807, 2.05) is 0 Å². The van der Waals surface area contributed by atoms with Crippen molar-refractivity contribution in [1.29, 1.82) is 0 Å². The number of alkyl halides is 3. The number of fused-ring (bicyclic) bond motifs is 2. The van der Waals surface area contributed by atoms with Crippen LogP contribution in [0.2, 0.25) is 0 Å². The molecular formula is C43H43F5N8O2. The zero-order chi connectivity index (χ0) is 40.2. The molecular weight excluding hydrogens is 756 g/mol. The van der Waals surface area contributed by atoms with Crippen LogP contribution in [0.15, 0.2) is 42.6 Å². The van der Waals surface area contributed by atoms with Gasteiger partial charge in [0.25, 0.3) is 0 Å². The zero-order valence-electron chi connectivity index (χ0n) is 32.0. The van der Waals surface area contributed by atoms with Gasteiger partial charge in [-0.25, -0.2) is 18.7 Å². The van der Waals surface area contributed by atoms with Gasteiger partial charge in [-0.2, -0.15) is 28.1 Å². The number of ether oxygens (including phenoxy) is 2. The topological polar surface area (TPSA) is 110 Å². The molecule has 9 rings (SSSR count). The maximum absolute atomic E-state index is 17.3. The molecule has 4 atom stereocenters. The lowest BCUT2D eigenvalue weighted by Gasteiger charge is -2.34. The summed E-state index contributed by atoms with van der Waals surface area (Å²) < 4.78 is 84.3. The van der Waals surface area contributed by atoms with Crippen molar-refractivity contribution >= 4 is 27.5 Å². The summed E-state index contributed by atoms with van der Waals surface area (Å²) in [6.07, 6.45) is 10.7. The molecule has 2 aromatic carbocycles. The van der Waals surface area contributed by atoms with Crippen molar-refractivity contribution in [3.63, 3.8) is 0 Å². The van der Waals surface area contributed by atoms with E-state index in [1.54, 1.807) is 24.3 Å². The average molecular weight is 799 g/mol. The van der Waals surface area contributed by atoms with E-state index in [1.165, 1.54) is 12.1 Å². The monoisotopic (exact) mass is 798 g/mol. The van der Waals surface area contributed by atoms with Crippen LogP contribution < -0.4 is 20.1 Å². The third-order valence-corrected chi connectivity index (χ3v) is 12.2. The minimum atomic E-state index is -4.68. The number of hydrogen-bond acceptors (Lipinski definition) is 10. The fourth-order valence-corrected chi connectivity index (χ4v) is 9.28. The summed E-state index contributed by atoms with van der Waals surface area (Å²) in [5, 5.41) is 8.99. The maximum Gasteiger partial charge on any atom is 0.451 e. The highest BCUT2D eigenvalue weighted by molar-refractivity contribution is 6.02. The highest BCUT2D eigenvalue weighted by Crippen LogP contribution is 2.44. The Labute approximate surface area is 332 Å². The normalized spacial score (nSPS) is 22.6. The van der Waals surface area contributed by atoms with Gasteiger partial charge in [0.05, 0.1) is 22.2 Å². The van der Waals surface area contributed by atoms with Gasteiger partial charge in [0.1, 0.15) is 36.1 Å². The molecule has 0 spiro atoms. The van der Waals surface area contributed by atoms with Gasteiger partial charge < -0.3 is 20.1 Å². The van der Waals surface area contributed by atoms with Gasteiger partial charge >= 0.3 is 12.2 Å². The molecule has 58 heavy (non-hydrogen) atoms. The second kappa shape index (κ2) is 15.2. The van der Waals surface area contributed by atoms with Crippen molar-refractivity contribution in [1.82, 2.24) is 35.1 Å². The molecule has 6 heterocycles. The van der Waals surface area contributed by atoms with Crippen molar-refractivity contribution in [2.75, 3.05) is 25.1 Å². The molecule has 0 radical (unpaired) electrons. The molecule has 15 heteroatoms. The number of aryl methyl sites for hydroxylation is 1. The maximum atomic E-state index is 17.3. The zero-order valence-corrected chi connectivity index (χ0v) is 32.0. The standard InChI is InChI=1S/C43H43F5N8O2/c1-3-27-29(44)15-12-24-8-5-9-28(34(24)27)37-36(45)38-35-32(51-37)11-6-10-31(30(4-2)50-25-13-14-25)52-39(35)55-41(54-38)58-23-42-18-7-21-56(42)26(16-19-42)22-57-33-17-20-49-40(53-33)43(46,47)48/h1,5,8-9,12,15,17,20,25-26,30-31,50H,4,6-7,10-11,13-14,16,18-19,21-23H2,2H3,(H,52,54,55)/t26-,30-,31+,42-/m0/s1. The number of terminal acetylenes is 1. The van der Waals surface area contributed by atoms with Gasteiger partial charge in [-0.05, 0) is 82.2 Å². The van der Waals surface area contributed by atoms with E-state index in [0.717, 1.165) is 70.5 Å². The number of nitrogens with zero attached hydrogens (tertiary/aromatic N) is 6. The lowest BCUT2D eigenvalue weighted by molar-refractivity contribution is -0.145. The van der Waals surface area contributed by atoms with E-state index < -0.39 is 29.2 Å². The number of benzene rings is 2. The van der Waals surface area contributed by atoms with Crippen LogP contribution in [-0.4, -0.2) is 79.3 Å². The van der Waals surface area contributed by atoms with E-state index in [9.17, 15) is 13.2 Å². The first-order valence-electron chi connectivity index (χ1n) is 20.1. The van der Waals surface area contributed by atoms with Gasteiger partial charge in [0, 0.05) is 47.4 Å². The summed E-state index contributed by atoms with van der Waals surface area (Å²) in [6.45, 7) is 3.27. The first-order chi connectivity index (χ1) is 28.0. The SMILES string of the molecule is C#Cc1c(F)ccc2cccc(-c3nc4c5c(nc(OC[C@@]67CCCN6[C@H](COc6ccnc(C(F)(F)F)n6)CC7)nc5c3F)N[C@@H]([C@H](CC)NC3CC3)CCC4)c12. The third-order valence-electron chi connectivity index (χ3n) is 12.2. The molecule has 0 amide bonds. The molecule has 0 bridgehead atoms. The van der Waals surface area contributed by atoms with Crippen molar-refractivity contribution in [2.24, 2.45) is 0 Å². The fraction of sp³-hybridized carbons (Fsp3) is 0.465. The smallest absolute Gasteiger partial charge is 0.451 e. The Hall–Kier alpha value is -5.20. The molecule has 0 unspecified atom stereocenters. The number of nitrogens with one attached hydrogen (secondary N) is 2. The summed E-state index contributed by atoms with van der Waals surface area (Å²) in [7, 11) is 0. The van der Waals surface area contributed by atoms with Crippen LogP contribution in [0.1, 0.15) is 81.8 Å². The van der Waals surface area contributed by atoms with Crippen LogP contribution in [0.4, 0.5) is 27.8 Å². The van der Waals surface area contributed by atoms with Crippen molar-refractivity contribution in [3.05, 3.63) is 71.3 Å². The van der Waals surface area contributed by atoms with Crippen molar-refractivity contribution < 1.29 is 31.4 Å². The average Bonchev–Trinajstić information content (AvgIpc) is 3.84. The Morgan fingerprint density at radius 3 is 2.66 bits per heavy atom. The number of pyridine rings is 1. The number of hydrogen-bond donors (Lipinski definition) is 2. The van der Waals surface area contributed by atoms with E-state index in [0.29, 0.717) is 45.7 Å². The first-order valence-corrected chi connectivity index (χ1v) is 20.1. The predicted molar refractivity (Wildman–Crippen MR) is 208 cm³/mol. The minimum absolute atomic E-state index is 0.00766. The summed E-state index contributed by atoms with van der Waals surface area (Å²) in [5.41, 5.74) is 0.703. The van der Waals surface area contributed by atoms with Crippen LogP contribution in [-0.2, 0) is 12.6 Å². The van der Waals surface area contributed by atoms with Gasteiger partial charge in [0.15, 0.2) is 5.82 Å². The van der Waals surface area contributed by atoms with Crippen LogP contribution in [0.5, 0.6) is 11.9 Å². The number of halogens is 5. The van der Waals surface area contributed by atoms with Gasteiger partial charge in [-0.15, -0.1) is 6.42 Å². The second-order valence-corrected chi connectivity index (χ2v) is 15.9. The third kappa shape index (κ3) is 7.14. The van der Waals surface area contributed by atoms with Crippen LogP contribution in [0.25, 0.3) is 32.9 Å². The molecule has 302 valence electrons. The quantitative estimate of drug-likeness (QED) is 0.101. The Balaban J connectivity index is 1.06. The number of anilines is 1. The molecule has 5 aromatic rings. The fourth-order valence-electron chi connectivity index (χ4n) is 9.28. The van der Waals surface area contributed by atoms with E-state index in [-0.39, 0.29) is 60.0 Å². The molecule has 1 aliphatic carbocycles. The Bertz CT molecular complexity index is 2420. The molecule has 3 aromatic heterocycles. The van der Waals surface area contributed by atoms with E-state index in [4.69, 9.17) is 30.8 Å². The highest BCUT2D eigenvalue weighted by Gasteiger charge is 2.50. The number of rotatable bonds is 11. The molecule has 1 saturated carbocycles. The summed E-state index contributed by atoms with van der Waals surface area (Å²) in [6, 6.07) is 10.1. The predicted octanol–water partition coefficient (Wildman–Crippen LogP) is 8.02. The summed E-state index contributed by atoms with van der Waals surface area (Å²) >= 11 is 0. The number of aromatic nitrogens is 5. The van der Waals surface area contributed by atoms with Crippen molar-refractivity contribution in [2.45, 2.75) is 107 Å². The van der Waals surface area contributed by atoms with E-state index >= 15 is 8.78 Å². The van der Waals surface area contributed by atoms with Gasteiger partial charge in [-0.3, -0.25) is 4.90 Å². The van der Waals surface area contributed by atoms with Crippen LogP contribution in [0, 0.1) is 24.0 Å². The lowest BCUT2D eigenvalue weighted by atomic mass is 9.93. The Morgan fingerprint density at radius 1 is 1.00 bits per heavy atom. The molecule has 2 saturated heterocycles. The molecule has 3 aliphatic heterocycles. The summed E-state index contributed by atoms with van der Waals surface area (Å²) in [4.78, 5) is 23.8.